The molecule has 0 aliphatic heterocycles. The summed E-state index contributed by atoms with van der Waals surface area (Å²) in [7, 11) is 1.54. The Morgan fingerprint density at radius 2 is 1.92 bits per heavy atom. The molecule has 1 heterocycles. The highest BCUT2D eigenvalue weighted by molar-refractivity contribution is 9.10. The van der Waals surface area contributed by atoms with E-state index in [9.17, 15) is 9.59 Å². The van der Waals surface area contributed by atoms with Gasteiger partial charge in [0.2, 0.25) is 0 Å². The Labute approximate surface area is 152 Å². The van der Waals surface area contributed by atoms with E-state index in [1.807, 2.05) is 24.3 Å². The zero-order chi connectivity index (χ0) is 17.8. The molecule has 25 heavy (non-hydrogen) atoms. The molecule has 2 aromatic carbocycles. The molecule has 6 heteroatoms. The third kappa shape index (κ3) is 4.09. The molecule has 1 amide bonds. The minimum Gasteiger partial charge on any atom is -0.497 e. The van der Waals surface area contributed by atoms with Crippen LogP contribution in [0.25, 0.3) is 10.8 Å². The highest BCUT2D eigenvalue weighted by Crippen LogP contribution is 2.19. The maximum absolute atomic E-state index is 12.3. The van der Waals surface area contributed by atoms with Crippen LogP contribution >= 0.6 is 15.9 Å². The lowest BCUT2D eigenvalue weighted by Crippen LogP contribution is -2.26. The SMILES string of the molecule is COc1ccc2c(=O)oc(C(=O)NCCc3ccc(Br)cc3)cc2c1. The van der Waals surface area contributed by atoms with Crippen molar-refractivity contribution in [3.63, 3.8) is 0 Å². The van der Waals surface area contributed by atoms with Crippen molar-refractivity contribution in [1.82, 2.24) is 5.32 Å². The largest absolute Gasteiger partial charge is 0.497 e. The number of fused-ring (bicyclic) bond motifs is 1. The smallest absolute Gasteiger partial charge is 0.344 e. The Morgan fingerprint density at radius 1 is 1.16 bits per heavy atom. The fraction of sp³-hybridized carbons (Fsp3) is 0.158. The number of rotatable bonds is 5. The highest BCUT2D eigenvalue weighted by atomic mass is 79.9. The Balaban J connectivity index is 1.73. The van der Waals surface area contributed by atoms with Crippen LogP contribution in [0.15, 0.2) is 62.2 Å². The Hall–Kier alpha value is -2.60. The van der Waals surface area contributed by atoms with Crippen LogP contribution < -0.4 is 15.7 Å². The van der Waals surface area contributed by atoms with Gasteiger partial charge >= 0.3 is 5.63 Å². The molecule has 1 aromatic heterocycles. The van der Waals surface area contributed by atoms with Gasteiger partial charge in [-0.3, -0.25) is 4.79 Å². The second kappa shape index (κ2) is 7.53. The van der Waals surface area contributed by atoms with E-state index in [1.165, 1.54) is 0 Å². The second-order valence-electron chi connectivity index (χ2n) is 5.48. The minimum atomic E-state index is -0.543. The van der Waals surface area contributed by atoms with Crippen LogP contribution in [0.3, 0.4) is 0 Å². The van der Waals surface area contributed by atoms with Gasteiger partial charge in [-0.25, -0.2) is 4.79 Å². The van der Waals surface area contributed by atoms with E-state index < -0.39 is 11.5 Å². The molecule has 3 rings (SSSR count). The van der Waals surface area contributed by atoms with Gasteiger partial charge in [0, 0.05) is 11.0 Å². The topological polar surface area (TPSA) is 68.5 Å². The summed E-state index contributed by atoms with van der Waals surface area (Å²) in [5, 5.41) is 3.78. The minimum absolute atomic E-state index is 0.0124. The molecule has 0 atom stereocenters. The second-order valence-corrected chi connectivity index (χ2v) is 6.40. The molecule has 3 aromatic rings. The lowest BCUT2D eigenvalue weighted by Gasteiger charge is -2.06. The summed E-state index contributed by atoms with van der Waals surface area (Å²) < 4.78 is 11.3. The number of hydrogen-bond acceptors (Lipinski definition) is 4. The van der Waals surface area contributed by atoms with Gasteiger partial charge < -0.3 is 14.5 Å². The van der Waals surface area contributed by atoms with E-state index in [2.05, 4.69) is 21.2 Å². The van der Waals surface area contributed by atoms with Crippen molar-refractivity contribution in [1.29, 1.82) is 0 Å². The summed E-state index contributed by atoms with van der Waals surface area (Å²) in [4.78, 5) is 24.3. The van der Waals surface area contributed by atoms with Gasteiger partial charge in [0.05, 0.1) is 12.5 Å². The fourth-order valence-electron chi connectivity index (χ4n) is 2.47. The van der Waals surface area contributed by atoms with Crippen LogP contribution in [0.2, 0.25) is 0 Å². The summed E-state index contributed by atoms with van der Waals surface area (Å²) in [6.45, 7) is 0.445. The number of methoxy groups -OCH3 is 1. The number of hydrogen-bond donors (Lipinski definition) is 1. The van der Waals surface area contributed by atoms with Crippen molar-refractivity contribution in [2.24, 2.45) is 0 Å². The van der Waals surface area contributed by atoms with Gasteiger partial charge in [-0.05, 0) is 53.8 Å². The predicted molar refractivity (Wildman–Crippen MR) is 99.2 cm³/mol. The van der Waals surface area contributed by atoms with E-state index in [0.717, 1.165) is 10.0 Å². The normalized spacial score (nSPS) is 10.6. The predicted octanol–water partition coefficient (Wildman–Crippen LogP) is 3.54. The van der Waals surface area contributed by atoms with Crippen LogP contribution in [-0.4, -0.2) is 19.6 Å². The van der Waals surface area contributed by atoms with Crippen molar-refractivity contribution < 1.29 is 13.9 Å². The van der Waals surface area contributed by atoms with Gasteiger partial charge in [0.15, 0.2) is 5.76 Å². The summed E-state index contributed by atoms with van der Waals surface area (Å²) in [5.41, 5.74) is 0.561. The summed E-state index contributed by atoms with van der Waals surface area (Å²) in [5.74, 6) is 0.181. The first-order valence-electron chi connectivity index (χ1n) is 7.71. The number of nitrogens with one attached hydrogen (secondary N) is 1. The molecule has 0 fully saturated rings. The molecule has 0 saturated heterocycles. The number of carbonyl (C=O) groups is 1. The molecule has 0 spiro atoms. The van der Waals surface area contributed by atoms with E-state index in [1.54, 1.807) is 31.4 Å². The van der Waals surface area contributed by atoms with Crippen molar-refractivity contribution in [2.75, 3.05) is 13.7 Å². The number of ether oxygens (including phenoxy) is 1. The molecule has 128 valence electrons. The van der Waals surface area contributed by atoms with Gasteiger partial charge in [-0.1, -0.05) is 28.1 Å². The lowest BCUT2D eigenvalue weighted by atomic mass is 10.1. The molecule has 0 aliphatic rings. The number of amides is 1. The van der Waals surface area contributed by atoms with Crippen molar-refractivity contribution >= 4 is 32.6 Å². The molecule has 0 bridgehead atoms. The molecular formula is C19H16BrNO4. The van der Waals surface area contributed by atoms with E-state index in [-0.39, 0.29) is 5.76 Å². The standard InChI is InChI=1S/C19H16BrNO4/c1-24-15-6-7-16-13(10-15)11-17(25-19(16)23)18(22)21-9-8-12-2-4-14(20)5-3-12/h2-7,10-11H,8-9H2,1H3,(H,21,22). The zero-order valence-corrected chi connectivity index (χ0v) is 15.1. The first kappa shape index (κ1) is 17.2. The summed E-state index contributed by atoms with van der Waals surface area (Å²) >= 11 is 3.38. The molecule has 0 aliphatic carbocycles. The number of carbonyl (C=O) groups excluding carboxylic acids is 1. The van der Waals surface area contributed by atoms with Crippen LogP contribution in [0, 0.1) is 0 Å². The molecule has 0 unspecified atom stereocenters. The number of benzene rings is 2. The van der Waals surface area contributed by atoms with E-state index >= 15 is 0 Å². The summed E-state index contributed by atoms with van der Waals surface area (Å²) in [6, 6.07) is 14.4. The van der Waals surface area contributed by atoms with Gasteiger partial charge in [-0.15, -0.1) is 0 Å². The van der Waals surface area contributed by atoms with Crippen LogP contribution in [0.1, 0.15) is 16.1 Å². The first-order valence-corrected chi connectivity index (χ1v) is 8.50. The molecule has 0 saturated carbocycles. The third-order valence-corrected chi connectivity index (χ3v) is 4.33. The maximum atomic E-state index is 12.3. The monoisotopic (exact) mass is 401 g/mol. The third-order valence-electron chi connectivity index (χ3n) is 3.80. The molecular weight excluding hydrogens is 386 g/mol. The molecule has 1 N–H and O–H groups in total. The van der Waals surface area contributed by atoms with Gasteiger partial charge in [0.25, 0.3) is 5.91 Å². The fourth-order valence-corrected chi connectivity index (χ4v) is 2.73. The molecule has 0 radical (unpaired) electrons. The van der Waals surface area contributed by atoms with Crippen molar-refractivity contribution in [2.45, 2.75) is 6.42 Å². The number of halogens is 1. The average Bonchev–Trinajstić information content (AvgIpc) is 2.62. The van der Waals surface area contributed by atoms with Crippen LogP contribution in [-0.2, 0) is 6.42 Å². The lowest BCUT2D eigenvalue weighted by molar-refractivity contribution is 0.0922. The van der Waals surface area contributed by atoms with Crippen LogP contribution in [0.4, 0.5) is 0 Å². The Kier molecular flexibility index (Phi) is 5.19. The highest BCUT2D eigenvalue weighted by Gasteiger charge is 2.12. The van der Waals surface area contributed by atoms with Crippen LogP contribution in [0.5, 0.6) is 5.75 Å². The average molecular weight is 402 g/mol. The van der Waals surface area contributed by atoms with E-state index in [0.29, 0.717) is 29.5 Å². The van der Waals surface area contributed by atoms with Crippen molar-refractivity contribution in [3.8, 4) is 5.75 Å². The quantitative estimate of drug-likeness (QED) is 0.709. The zero-order valence-electron chi connectivity index (χ0n) is 13.5. The Morgan fingerprint density at radius 3 is 2.64 bits per heavy atom. The van der Waals surface area contributed by atoms with Gasteiger partial charge in [-0.2, -0.15) is 0 Å². The Bertz CT molecular complexity index is 963. The molecule has 5 nitrogen and oxygen atoms in total. The first-order chi connectivity index (χ1) is 12.1. The van der Waals surface area contributed by atoms with Gasteiger partial charge in [0.1, 0.15) is 5.75 Å². The maximum Gasteiger partial charge on any atom is 0.344 e. The van der Waals surface area contributed by atoms with Crippen molar-refractivity contribution in [3.05, 3.63) is 74.7 Å². The summed E-state index contributed by atoms with van der Waals surface area (Å²) in [6.07, 6.45) is 0.685. The van der Waals surface area contributed by atoms with E-state index in [4.69, 9.17) is 9.15 Å².